The van der Waals surface area contributed by atoms with Crippen molar-refractivity contribution in [1.82, 2.24) is 0 Å². The Balaban J connectivity index is 2.40. The lowest BCUT2D eigenvalue weighted by atomic mass is 10.1. The summed E-state index contributed by atoms with van der Waals surface area (Å²) in [6.45, 7) is 8.92. The number of rotatable bonds is 1. The minimum atomic E-state index is 0.811. The van der Waals surface area contributed by atoms with Crippen molar-refractivity contribution in [1.29, 1.82) is 0 Å². The van der Waals surface area contributed by atoms with E-state index in [0.717, 1.165) is 19.0 Å². The zero-order valence-corrected chi connectivity index (χ0v) is 14.9. The highest BCUT2D eigenvalue weighted by Crippen LogP contribution is 2.39. The molecule has 0 spiro atoms. The van der Waals surface area contributed by atoms with Gasteiger partial charge in [-0.25, -0.2) is 0 Å². The van der Waals surface area contributed by atoms with Gasteiger partial charge in [0.2, 0.25) is 0 Å². The molecule has 0 aromatic carbocycles. The predicted octanol–water partition coefficient (Wildman–Crippen LogP) is 4.22. The first-order chi connectivity index (χ1) is 7.43. The molecule has 2 rings (SSSR count). The lowest BCUT2D eigenvalue weighted by Gasteiger charge is -2.08. The van der Waals surface area contributed by atoms with Crippen LogP contribution < -0.4 is 0 Å². The van der Waals surface area contributed by atoms with Gasteiger partial charge in [0.05, 0.1) is 0 Å². The zero-order chi connectivity index (χ0) is 12.0. The van der Waals surface area contributed by atoms with Gasteiger partial charge in [0.1, 0.15) is 19.0 Å². The van der Waals surface area contributed by atoms with Crippen LogP contribution in [0, 0.1) is 0 Å². The highest BCUT2D eigenvalue weighted by Gasteiger charge is 2.26. The summed E-state index contributed by atoms with van der Waals surface area (Å²) in [4.78, 5) is 0. The van der Waals surface area contributed by atoms with Crippen molar-refractivity contribution < 1.29 is 0 Å². The van der Waals surface area contributed by atoms with Gasteiger partial charge in [0.15, 0.2) is 0 Å². The van der Waals surface area contributed by atoms with Crippen molar-refractivity contribution in [2.24, 2.45) is 0 Å². The molecule has 16 heavy (non-hydrogen) atoms. The maximum absolute atomic E-state index is 3.69. The maximum atomic E-state index is 3.69. The van der Waals surface area contributed by atoms with Crippen LogP contribution in [0.15, 0.2) is 40.9 Å². The molecule has 4 radical (unpaired) electrons. The molecule has 0 fully saturated rings. The number of hydrogen-bond donors (Lipinski definition) is 0. The highest BCUT2D eigenvalue weighted by molar-refractivity contribution is 9.12. The van der Waals surface area contributed by atoms with E-state index in [-0.39, 0.29) is 0 Å². The van der Waals surface area contributed by atoms with Gasteiger partial charge in [-0.3, -0.25) is 0 Å². The first-order valence-corrected chi connectivity index (χ1v) is 8.71. The molecule has 0 aliphatic carbocycles. The molecular formula is C12H12Br2Si2. The van der Waals surface area contributed by atoms with Gasteiger partial charge in [0.25, 0.3) is 0 Å². The molecule has 4 heteroatoms. The number of allylic oxidation sites excluding steroid dienone is 6. The van der Waals surface area contributed by atoms with E-state index >= 15 is 0 Å². The van der Waals surface area contributed by atoms with Crippen molar-refractivity contribution in [3.63, 3.8) is 0 Å². The molecule has 0 atom stereocenters. The normalized spacial score (nSPS) is 22.1. The summed E-state index contributed by atoms with van der Waals surface area (Å²) in [6, 6.07) is 0. The molecule has 2 heterocycles. The Morgan fingerprint density at radius 1 is 0.625 bits per heavy atom. The van der Waals surface area contributed by atoms with Crippen LogP contribution in [0.4, 0.5) is 0 Å². The maximum Gasteiger partial charge on any atom is 0.131 e. The third-order valence-corrected chi connectivity index (χ3v) is 8.82. The van der Waals surface area contributed by atoms with Crippen molar-refractivity contribution in [2.75, 3.05) is 0 Å². The summed E-state index contributed by atoms with van der Waals surface area (Å²) in [5.74, 6) is 0. The Labute approximate surface area is 119 Å². The SMILES string of the molecule is CC1=C(Br)[Si]C(C2=C(C)C(C)=C(Br)[Si]2)=C1C. The Bertz CT molecular complexity index is 447. The van der Waals surface area contributed by atoms with Crippen LogP contribution in [0.1, 0.15) is 27.7 Å². The second kappa shape index (κ2) is 4.55. The molecule has 2 aliphatic heterocycles. The Morgan fingerprint density at radius 2 is 0.938 bits per heavy atom. The van der Waals surface area contributed by atoms with Crippen molar-refractivity contribution >= 4 is 50.9 Å². The van der Waals surface area contributed by atoms with Gasteiger partial charge in [-0.1, -0.05) is 42.3 Å². The molecule has 0 nitrogen and oxygen atoms in total. The van der Waals surface area contributed by atoms with E-state index in [0.29, 0.717) is 0 Å². The largest absolute Gasteiger partial charge is 0.131 e. The fourth-order valence-electron chi connectivity index (χ4n) is 1.80. The average molecular weight is 372 g/mol. The molecule has 0 saturated carbocycles. The van der Waals surface area contributed by atoms with Gasteiger partial charge in [-0.15, -0.1) is 0 Å². The Hall–Kier alpha value is 0.354. The summed E-state index contributed by atoms with van der Waals surface area (Å²) >= 11 is 7.37. The van der Waals surface area contributed by atoms with Crippen LogP contribution in [0.2, 0.25) is 0 Å². The van der Waals surface area contributed by atoms with Gasteiger partial charge >= 0.3 is 0 Å². The van der Waals surface area contributed by atoms with Gasteiger partial charge in [0, 0.05) is 0 Å². The highest BCUT2D eigenvalue weighted by atomic mass is 79.9. The van der Waals surface area contributed by atoms with Gasteiger partial charge < -0.3 is 0 Å². The van der Waals surface area contributed by atoms with Crippen LogP contribution in [0.25, 0.3) is 0 Å². The van der Waals surface area contributed by atoms with Crippen LogP contribution >= 0.6 is 31.9 Å². The smallest absolute Gasteiger partial charge is 0.0605 e. The van der Waals surface area contributed by atoms with E-state index in [4.69, 9.17) is 0 Å². The topological polar surface area (TPSA) is 0 Å². The minimum Gasteiger partial charge on any atom is -0.0605 e. The quantitative estimate of drug-likeness (QED) is 0.605. The predicted molar refractivity (Wildman–Crippen MR) is 80.2 cm³/mol. The fourth-order valence-corrected chi connectivity index (χ4v) is 6.52. The van der Waals surface area contributed by atoms with Crippen LogP contribution in [0.5, 0.6) is 0 Å². The molecule has 0 saturated heterocycles. The van der Waals surface area contributed by atoms with E-state index in [1.807, 2.05) is 0 Å². The first-order valence-electron chi connectivity index (χ1n) is 5.13. The summed E-state index contributed by atoms with van der Waals surface area (Å²) in [5, 5.41) is 3.13. The standard InChI is InChI=1S/C12H12Br2Si2/c1-5-7(3)11(13)15-9(5)10-6(2)8(4)12(14)16-10/h1-4H3. The van der Waals surface area contributed by atoms with Crippen LogP contribution in [0.3, 0.4) is 0 Å². The van der Waals surface area contributed by atoms with E-state index in [1.54, 1.807) is 10.4 Å². The molecule has 0 N–H and O–H groups in total. The molecule has 2 aliphatic rings. The Morgan fingerprint density at radius 3 is 1.12 bits per heavy atom. The molecule has 0 amide bonds. The summed E-state index contributed by atoms with van der Waals surface area (Å²) < 4.78 is 2.76. The van der Waals surface area contributed by atoms with E-state index < -0.39 is 0 Å². The van der Waals surface area contributed by atoms with Gasteiger partial charge in [-0.05, 0) is 58.2 Å². The molecule has 0 unspecified atom stereocenters. The van der Waals surface area contributed by atoms with E-state index in [9.17, 15) is 0 Å². The lowest BCUT2D eigenvalue weighted by molar-refractivity contribution is 1.32. The summed E-state index contributed by atoms with van der Waals surface area (Å²) in [7, 11) is 1.62. The third kappa shape index (κ3) is 1.94. The van der Waals surface area contributed by atoms with Crippen molar-refractivity contribution in [2.45, 2.75) is 27.7 Å². The third-order valence-electron chi connectivity index (χ3n) is 3.25. The number of hydrogen-bond acceptors (Lipinski definition) is 0. The molecule has 82 valence electrons. The Kier molecular flexibility index (Phi) is 3.64. The first kappa shape index (κ1) is 12.8. The molecular weight excluding hydrogens is 360 g/mol. The van der Waals surface area contributed by atoms with E-state index in [1.165, 1.54) is 30.5 Å². The summed E-state index contributed by atoms with van der Waals surface area (Å²) in [5.41, 5.74) is 5.81. The van der Waals surface area contributed by atoms with Crippen molar-refractivity contribution in [3.05, 3.63) is 40.9 Å². The molecule has 0 aromatic heterocycles. The summed E-state index contributed by atoms with van der Waals surface area (Å²) in [6.07, 6.45) is 0. The van der Waals surface area contributed by atoms with Crippen LogP contribution in [-0.4, -0.2) is 19.0 Å². The second-order valence-corrected chi connectivity index (χ2v) is 9.68. The zero-order valence-electron chi connectivity index (χ0n) is 9.76. The molecule has 0 aromatic rings. The van der Waals surface area contributed by atoms with Gasteiger partial charge in [-0.2, -0.15) is 0 Å². The molecule has 0 bridgehead atoms. The number of halogens is 2. The second-order valence-electron chi connectivity index (χ2n) is 4.13. The lowest BCUT2D eigenvalue weighted by Crippen LogP contribution is -2.04. The fraction of sp³-hybridized carbons (Fsp3) is 0.333. The van der Waals surface area contributed by atoms with Crippen LogP contribution in [-0.2, 0) is 0 Å². The van der Waals surface area contributed by atoms with Crippen molar-refractivity contribution in [3.8, 4) is 0 Å². The van der Waals surface area contributed by atoms with E-state index in [2.05, 4.69) is 59.6 Å². The monoisotopic (exact) mass is 370 g/mol. The average Bonchev–Trinajstić information content (AvgIpc) is 2.64. The minimum absolute atomic E-state index is 0.811.